The summed E-state index contributed by atoms with van der Waals surface area (Å²) in [5.41, 5.74) is 2.65. The highest BCUT2D eigenvalue weighted by Gasteiger charge is 2.27. The van der Waals surface area contributed by atoms with Crippen molar-refractivity contribution in [3.63, 3.8) is 0 Å². The second kappa shape index (κ2) is 17.9. The molecule has 2 aromatic carbocycles. The van der Waals surface area contributed by atoms with Crippen LogP contribution < -0.4 is 9.62 Å². The summed E-state index contributed by atoms with van der Waals surface area (Å²) in [6, 6.07) is 15.5. The zero-order valence-corrected chi connectivity index (χ0v) is 31.7. The lowest BCUT2D eigenvalue weighted by Crippen LogP contribution is -2.33. The molecule has 0 bridgehead atoms. The summed E-state index contributed by atoms with van der Waals surface area (Å²) in [7, 11) is -4.36. The fourth-order valence-electron chi connectivity index (χ4n) is 6.04. The average molecular weight is 757 g/mol. The van der Waals surface area contributed by atoms with E-state index in [0.717, 1.165) is 6.42 Å². The first-order valence-corrected chi connectivity index (χ1v) is 19.4. The molecule has 0 fully saturated rings. The minimum absolute atomic E-state index is 0.00458. The van der Waals surface area contributed by atoms with E-state index in [4.69, 9.17) is 9.72 Å². The molecule has 3 heterocycles. The monoisotopic (exact) mass is 756 g/mol. The van der Waals surface area contributed by atoms with Gasteiger partial charge in [-0.05, 0) is 61.1 Å². The van der Waals surface area contributed by atoms with E-state index in [1.807, 2.05) is 32.4 Å². The molecule has 284 valence electrons. The Morgan fingerprint density at radius 2 is 1.85 bits per heavy atom. The summed E-state index contributed by atoms with van der Waals surface area (Å²) in [6.07, 6.45) is 7.64. The molecule has 0 unspecified atom stereocenters. The number of Topliss-reactive ketones (excluding diaryl/α,β-unsaturated/α-hetero) is 1. The van der Waals surface area contributed by atoms with Gasteiger partial charge in [0.2, 0.25) is 0 Å². The molecule has 12 nitrogen and oxygen atoms in total. The minimum atomic E-state index is -4.36. The zero-order valence-electron chi connectivity index (χ0n) is 30.8. The van der Waals surface area contributed by atoms with Gasteiger partial charge in [0.25, 0.3) is 15.9 Å². The molecule has 0 aliphatic rings. The van der Waals surface area contributed by atoms with Crippen molar-refractivity contribution in [2.75, 3.05) is 18.1 Å². The quantitative estimate of drug-likeness (QED) is 0.0933. The number of anilines is 1. The van der Waals surface area contributed by atoms with E-state index in [2.05, 4.69) is 9.97 Å². The van der Waals surface area contributed by atoms with Crippen LogP contribution in [0.15, 0.2) is 90.3 Å². The summed E-state index contributed by atoms with van der Waals surface area (Å²) < 4.78 is 51.3. The van der Waals surface area contributed by atoms with Crippen molar-refractivity contribution < 1.29 is 31.9 Å². The first-order valence-electron chi connectivity index (χ1n) is 18.0. The summed E-state index contributed by atoms with van der Waals surface area (Å²) in [4.78, 5) is 53.0. The first kappa shape index (κ1) is 39.6. The van der Waals surface area contributed by atoms with E-state index in [1.165, 1.54) is 35.4 Å². The predicted octanol–water partition coefficient (Wildman–Crippen LogP) is 7.36. The van der Waals surface area contributed by atoms with Crippen molar-refractivity contribution in [1.82, 2.24) is 24.2 Å². The van der Waals surface area contributed by atoms with Crippen molar-refractivity contribution in [1.29, 1.82) is 0 Å². The summed E-state index contributed by atoms with van der Waals surface area (Å²) in [5.74, 6) is -0.262. The third-order valence-electron chi connectivity index (χ3n) is 8.82. The number of halogens is 1. The van der Waals surface area contributed by atoms with Crippen LogP contribution in [0.2, 0.25) is 0 Å². The van der Waals surface area contributed by atoms with Gasteiger partial charge in [-0.3, -0.25) is 14.6 Å². The highest BCUT2D eigenvalue weighted by molar-refractivity contribution is 7.90. The lowest BCUT2D eigenvalue weighted by atomic mass is 10.0. The average Bonchev–Trinajstić information content (AvgIpc) is 3.81. The van der Waals surface area contributed by atoms with Gasteiger partial charge in [0, 0.05) is 55.3 Å². The molecular weight excluding hydrogens is 712 g/mol. The van der Waals surface area contributed by atoms with Gasteiger partial charge in [0.1, 0.15) is 17.3 Å². The molecule has 0 spiro atoms. The highest BCUT2D eigenvalue weighted by atomic mass is 32.2. The molecule has 2 N–H and O–H groups in total. The van der Waals surface area contributed by atoms with Gasteiger partial charge in [0.05, 0.1) is 35.0 Å². The largest absolute Gasteiger partial charge is 0.449 e. The van der Waals surface area contributed by atoms with Crippen molar-refractivity contribution in [2.45, 2.75) is 71.2 Å². The van der Waals surface area contributed by atoms with Crippen LogP contribution in [0.5, 0.6) is 0 Å². The first-order chi connectivity index (χ1) is 25.9. The molecule has 0 aliphatic carbocycles. The Balaban J connectivity index is 1.41. The van der Waals surface area contributed by atoms with Crippen molar-refractivity contribution >= 4 is 33.5 Å². The molecule has 0 radical (unpaired) electrons. The van der Waals surface area contributed by atoms with Gasteiger partial charge in [0.15, 0.2) is 5.78 Å². The lowest BCUT2D eigenvalue weighted by molar-refractivity contribution is 0.0961. The normalized spacial score (nSPS) is 11.4. The SMILES string of the molecule is CCCc1nc(CC)c(C(=O)CCN(C(=O)c2cccnc2)c2cc[nH]c2)n1Cc1ccc(-c2ccccc2S(=O)(=O)NC(=O)OCCC(C)C)cc1F. The maximum Gasteiger partial charge on any atom is 0.421 e. The van der Waals surface area contributed by atoms with E-state index in [-0.39, 0.29) is 65.3 Å². The Labute approximate surface area is 314 Å². The number of carbonyl (C=O) groups is 3. The number of nitrogens with one attached hydrogen (secondary N) is 2. The van der Waals surface area contributed by atoms with Crippen LogP contribution in [0, 0.1) is 11.7 Å². The van der Waals surface area contributed by atoms with Gasteiger partial charge in [-0.1, -0.05) is 58.0 Å². The molecule has 0 saturated carbocycles. The molecule has 14 heteroatoms. The number of H-pyrrole nitrogens is 1. The second-order valence-electron chi connectivity index (χ2n) is 13.2. The van der Waals surface area contributed by atoms with Crippen LogP contribution >= 0.6 is 0 Å². The number of aromatic nitrogens is 4. The highest BCUT2D eigenvalue weighted by Crippen LogP contribution is 2.30. The van der Waals surface area contributed by atoms with Gasteiger partial charge in [-0.25, -0.2) is 27.3 Å². The molecule has 0 atom stereocenters. The Hall–Kier alpha value is -5.63. The number of carbonyl (C=O) groups excluding carboxylic acids is 3. The molecule has 2 amide bonds. The standard InChI is InChI=1S/C40H45FN6O6S/c1-5-10-37-44-34(6-2)38(35(48)17-21-46(31-16-20-43-25-31)39(49)29-11-9-19-42-24-29)47(37)26-30-15-14-28(23-33(30)41)32-12-7-8-13-36(32)54(51,52)45-40(50)53-22-18-27(3)4/h7-9,11-16,19-20,23-25,27,43H,5-6,10,17-18,21-22,26H2,1-4H3,(H,45,50). The number of hydrogen-bond acceptors (Lipinski definition) is 8. The van der Waals surface area contributed by atoms with Gasteiger partial charge < -0.3 is 19.2 Å². The maximum absolute atomic E-state index is 16.1. The number of aromatic amines is 1. The molecule has 0 aliphatic heterocycles. The number of pyridine rings is 1. The van der Waals surface area contributed by atoms with Crippen LogP contribution in [0.25, 0.3) is 11.1 Å². The Morgan fingerprint density at radius 1 is 1.06 bits per heavy atom. The number of hydrogen-bond donors (Lipinski definition) is 2. The van der Waals surface area contributed by atoms with Crippen molar-refractivity contribution in [2.24, 2.45) is 5.92 Å². The van der Waals surface area contributed by atoms with E-state index in [9.17, 15) is 22.8 Å². The fourth-order valence-corrected chi connectivity index (χ4v) is 7.16. The lowest BCUT2D eigenvalue weighted by Gasteiger charge is -2.21. The number of sulfonamides is 1. The van der Waals surface area contributed by atoms with Crippen LogP contribution in [-0.4, -0.2) is 58.9 Å². The number of benzene rings is 2. The number of aryl methyl sites for hydroxylation is 2. The Morgan fingerprint density at radius 3 is 2.52 bits per heavy atom. The number of amides is 2. The van der Waals surface area contributed by atoms with Crippen molar-refractivity contribution in [3.05, 3.63) is 120 Å². The number of imidazole rings is 1. The molecule has 54 heavy (non-hydrogen) atoms. The predicted molar refractivity (Wildman–Crippen MR) is 203 cm³/mol. The van der Waals surface area contributed by atoms with Gasteiger partial charge >= 0.3 is 6.09 Å². The second-order valence-corrected chi connectivity index (χ2v) is 14.8. The van der Waals surface area contributed by atoms with Crippen LogP contribution in [-0.2, 0) is 34.1 Å². The number of ether oxygens (including phenoxy) is 1. The summed E-state index contributed by atoms with van der Waals surface area (Å²) in [6.45, 7) is 7.94. The van der Waals surface area contributed by atoms with Crippen LogP contribution in [0.1, 0.15) is 84.9 Å². The smallest absolute Gasteiger partial charge is 0.421 e. The molecule has 5 rings (SSSR count). The molecule has 0 saturated heterocycles. The van der Waals surface area contributed by atoms with Gasteiger partial charge in [-0.2, -0.15) is 0 Å². The van der Waals surface area contributed by atoms with E-state index < -0.39 is 21.9 Å². The van der Waals surface area contributed by atoms with E-state index in [0.29, 0.717) is 47.7 Å². The molecule has 3 aromatic heterocycles. The molecular formula is C40H45FN6O6S. The van der Waals surface area contributed by atoms with Crippen LogP contribution in [0.4, 0.5) is 14.9 Å². The van der Waals surface area contributed by atoms with Crippen LogP contribution in [0.3, 0.4) is 0 Å². The van der Waals surface area contributed by atoms with E-state index >= 15 is 4.39 Å². The Bertz CT molecular complexity index is 2190. The molecule has 5 aromatic rings. The topological polar surface area (TPSA) is 156 Å². The van der Waals surface area contributed by atoms with Crippen molar-refractivity contribution in [3.8, 4) is 11.1 Å². The van der Waals surface area contributed by atoms with Gasteiger partial charge in [-0.15, -0.1) is 0 Å². The van der Waals surface area contributed by atoms with E-state index in [1.54, 1.807) is 59.6 Å². The minimum Gasteiger partial charge on any atom is -0.449 e. The maximum atomic E-state index is 16.1. The number of ketones is 1. The third-order valence-corrected chi connectivity index (χ3v) is 10.2. The fraction of sp³-hybridized carbons (Fsp3) is 0.325. The Kier molecular flexibility index (Phi) is 13.1. The summed E-state index contributed by atoms with van der Waals surface area (Å²) in [5, 5.41) is 0. The third kappa shape index (κ3) is 9.47. The zero-order chi connectivity index (χ0) is 38.8. The number of rotatable bonds is 17. The number of nitrogens with zero attached hydrogens (tertiary/aromatic N) is 4. The summed E-state index contributed by atoms with van der Waals surface area (Å²) >= 11 is 0.